The van der Waals surface area contributed by atoms with E-state index in [1.807, 2.05) is 4.98 Å². The van der Waals surface area contributed by atoms with Gasteiger partial charge in [0.1, 0.15) is 5.52 Å². The van der Waals surface area contributed by atoms with Gasteiger partial charge in [0.15, 0.2) is 0 Å². The van der Waals surface area contributed by atoms with Crippen molar-refractivity contribution in [1.29, 1.82) is 0 Å². The smallest absolute Gasteiger partial charge is 0.357 e. The van der Waals surface area contributed by atoms with Gasteiger partial charge in [-0.05, 0) is 6.07 Å². The summed E-state index contributed by atoms with van der Waals surface area (Å²) in [6.45, 7) is 0. The minimum atomic E-state index is -5.83. The van der Waals surface area contributed by atoms with E-state index in [1.165, 1.54) is 18.3 Å². The summed E-state index contributed by atoms with van der Waals surface area (Å²) in [6.07, 6.45) is 1.31. The van der Waals surface area contributed by atoms with E-state index in [9.17, 15) is 26.4 Å². The standard InChI is InChI=1S/C9H5F3N2O4S/c10-9(11,12)19(16,17)18-6-4-5-2-1-3-13-7(5)8(15)14-6/h1-4H,(H,14,15). The van der Waals surface area contributed by atoms with Crippen molar-refractivity contribution in [3.63, 3.8) is 0 Å². The summed E-state index contributed by atoms with van der Waals surface area (Å²) >= 11 is 0. The maximum atomic E-state index is 12.1. The Morgan fingerprint density at radius 2 is 2.00 bits per heavy atom. The number of H-pyrrole nitrogens is 1. The van der Waals surface area contributed by atoms with Crippen molar-refractivity contribution in [2.75, 3.05) is 0 Å². The molecule has 0 aliphatic carbocycles. The number of rotatable bonds is 2. The molecule has 10 heteroatoms. The second kappa shape index (κ2) is 4.23. The van der Waals surface area contributed by atoms with Gasteiger partial charge in [-0.2, -0.15) is 21.6 Å². The molecule has 0 aliphatic rings. The summed E-state index contributed by atoms with van der Waals surface area (Å²) in [5, 5.41) is 0.152. The van der Waals surface area contributed by atoms with E-state index in [2.05, 4.69) is 9.17 Å². The Kier molecular flexibility index (Phi) is 2.97. The SMILES string of the molecule is O=c1[nH]c(OS(=O)(=O)C(F)(F)F)cc2cccnc12. The molecule has 2 heterocycles. The third kappa shape index (κ3) is 2.52. The number of hydrogen-bond donors (Lipinski definition) is 1. The third-order valence-corrected chi connectivity index (χ3v) is 3.03. The number of fused-ring (bicyclic) bond motifs is 1. The molecular weight excluding hydrogens is 289 g/mol. The maximum absolute atomic E-state index is 12.1. The lowest BCUT2D eigenvalue weighted by atomic mass is 10.2. The van der Waals surface area contributed by atoms with Gasteiger partial charge in [-0.25, -0.2) is 0 Å². The van der Waals surface area contributed by atoms with Crippen LogP contribution < -0.4 is 9.74 Å². The van der Waals surface area contributed by atoms with Gasteiger partial charge in [-0.1, -0.05) is 6.07 Å². The lowest BCUT2D eigenvalue weighted by molar-refractivity contribution is -0.0501. The first-order valence-corrected chi connectivity index (χ1v) is 6.10. The average molecular weight is 294 g/mol. The maximum Gasteiger partial charge on any atom is 0.534 e. The molecule has 2 aromatic rings. The second-order valence-corrected chi connectivity index (χ2v) is 4.92. The van der Waals surface area contributed by atoms with Gasteiger partial charge in [0.05, 0.1) is 0 Å². The molecule has 2 rings (SSSR count). The zero-order valence-corrected chi connectivity index (χ0v) is 9.75. The molecule has 0 fully saturated rings. The molecule has 0 saturated carbocycles. The predicted molar refractivity (Wildman–Crippen MR) is 58.0 cm³/mol. The van der Waals surface area contributed by atoms with Crippen molar-refractivity contribution in [3.05, 3.63) is 34.7 Å². The zero-order valence-electron chi connectivity index (χ0n) is 8.93. The summed E-state index contributed by atoms with van der Waals surface area (Å²) < 4.78 is 61.7. The van der Waals surface area contributed by atoms with Gasteiger partial charge in [-0.3, -0.25) is 14.8 Å². The van der Waals surface area contributed by atoms with Crippen molar-refractivity contribution < 1.29 is 25.8 Å². The molecule has 0 amide bonds. The molecule has 0 bridgehead atoms. The van der Waals surface area contributed by atoms with Crippen LogP contribution in [0.25, 0.3) is 10.9 Å². The van der Waals surface area contributed by atoms with Crippen LogP contribution in [0, 0.1) is 0 Å². The Bertz CT molecular complexity index is 782. The van der Waals surface area contributed by atoms with Crippen LogP contribution >= 0.6 is 0 Å². The van der Waals surface area contributed by atoms with E-state index in [4.69, 9.17) is 0 Å². The molecule has 1 N–H and O–H groups in total. The summed E-state index contributed by atoms with van der Waals surface area (Å²) in [5.41, 5.74) is -6.47. The highest BCUT2D eigenvalue weighted by Crippen LogP contribution is 2.26. The fraction of sp³-hybridized carbons (Fsp3) is 0.111. The van der Waals surface area contributed by atoms with Gasteiger partial charge in [-0.15, -0.1) is 0 Å². The molecule has 0 atom stereocenters. The molecule has 0 radical (unpaired) electrons. The van der Waals surface area contributed by atoms with Crippen molar-refractivity contribution in [3.8, 4) is 5.88 Å². The minimum Gasteiger partial charge on any atom is -0.357 e. The average Bonchev–Trinajstić information content (AvgIpc) is 2.27. The lowest BCUT2D eigenvalue weighted by Gasteiger charge is -2.09. The lowest BCUT2D eigenvalue weighted by Crippen LogP contribution is -2.29. The van der Waals surface area contributed by atoms with E-state index < -0.39 is 27.1 Å². The van der Waals surface area contributed by atoms with Crippen LogP contribution in [0.1, 0.15) is 0 Å². The summed E-state index contributed by atoms with van der Waals surface area (Å²) in [4.78, 5) is 17.0. The summed E-state index contributed by atoms with van der Waals surface area (Å²) in [6, 6.07) is 3.75. The Morgan fingerprint density at radius 3 is 2.63 bits per heavy atom. The fourth-order valence-electron chi connectivity index (χ4n) is 1.28. The Balaban J connectivity index is 2.52. The van der Waals surface area contributed by atoms with Crippen molar-refractivity contribution in [1.82, 2.24) is 9.97 Å². The van der Waals surface area contributed by atoms with E-state index in [0.717, 1.165) is 6.07 Å². The second-order valence-electron chi connectivity index (χ2n) is 3.39. The monoisotopic (exact) mass is 294 g/mol. The largest absolute Gasteiger partial charge is 0.534 e. The molecule has 0 saturated heterocycles. The van der Waals surface area contributed by atoms with Crippen LogP contribution in [0.15, 0.2) is 29.2 Å². The van der Waals surface area contributed by atoms with Gasteiger partial charge < -0.3 is 4.18 Å². The number of halogens is 3. The molecule has 0 aliphatic heterocycles. The number of aromatic nitrogens is 2. The van der Waals surface area contributed by atoms with Gasteiger partial charge in [0.25, 0.3) is 5.56 Å². The first-order chi connectivity index (χ1) is 8.71. The van der Waals surface area contributed by atoms with E-state index in [-0.39, 0.29) is 10.9 Å². The first kappa shape index (κ1) is 13.3. The molecule has 0 spiro atoms. The Labute approximate surface area is 104 Å². The topological polar surface area (TPSA) is 89.1 Å². The highest BCUT2D eigenvalue weighted by molar-refractivity contribution is 7.87. The van der Waals surface area contributed by atoms with Crippen LogP contribution in [0.4, 0.5) is 13.2 Å². The molecular formula is C9H5F3N2O4S. The number of alkyl halides is 3. The number of nitrogens with one attached hydrogen (secondary N) is 1. The third-order valence-electron chi connectivity index (χ3n) is 2.06. The van der Waals surface area contributed by atoms with E-state index in [1.54, 1.807) is 0 Å². The molecule has 0 aromatic carbocycles. The van der Waals surface area contributed by atoms with Gasteiger partial charge >= 0.3 is 15.6 Å². The molecule has 102 valence electrons. The van der Waals surface area contributed by atoms with Crippen LogP contribution in [-0.4, -0.2) is 23.9 Å². The van der Waals surface area contributed by atoms with Crippen LogP contribution in [0.5, 0.6) is 5.88 Å². The van der Waals surface area contributed by atoms with Crippen LogP contribution in [-0.2, 0) is 10.1 Å². The molecule has 0 unspecified atom stereocenters. The Hall–Kier alpha value is -2.10. The number of nitrogens with zero attached hydrogens (tertiary/aromatic N) is 1. The summed E-state index contributed by atoms with van der Waals surface area (Å²) in [7, 11) is -5.83. The van der Waals surface area contributed by atoms with Crippen molar-refractivity contribution >= 4 is 21.0 Å². The fourth-order valence-corrected chi connectivity index (χ4v) is 1.70. The van der Waals surface area contributed by atoms with Gasteiger partial charge in [0, 0.05) is 17.6 Å². The number of pyridine rings is 2. The molecule has 2 aromatic heterocycles. The van der Waals surface area contributed by atoms with Crippen molar-refractivity contribution in [2.45, 2.75) is 5.51 Å². The predicted octanol–water partition coefficient (Wildman–Crippen LogP) is 1.15. The number of hydrogen-bond acceptors (Lipinski definition) is 5. The highest BCUT2D eigenvalue weighted by atomic mass is 32.2. The quantitative estimate of drug-likeness (QED) is 0.663. The van der Waals surface area contributed by atoms with Gasteiger partial charge in [0.2, 0.25) is 5.88 Å². The van der Waals surface area contributed by atoms with E-state index in [0.29, 0.717) is 0 Å². The number of aromatic amines is 1. The highest BCUT2D eigenvalue weighted by Gasteiger charge is 2.48. The van der Waals surface area contributed by atoms with Crippen LogP contribution in [0.2, 0.25) is 0 Å². The van der Waals surface area contributed by atoms with Crippen molar-refractivity contribution in [2.24, 2.45) is 0 Å². The molecule has 6 nitrogen and oxygen atoms in total. The normalized spacial score (nSPS) is 12.6. The first-order valence-electron chi connectivity index (χ1n) is 4.69. The molecule has 19 heavy (non-hydrogen) atoms. The van der Waals surface area contributed by atoms with Crippen LogP contribution in [0.3, 0.4) is 0 Å². The Morgan fingerprint density at radius 1 is 1.32 bits per heavy atom. The summed E-state index contributed by atoms with van der Waals surface area (Å²) in [5.74, 6) is -0.831. The van der Waals surface area contributed by atoms with E-state index >= 15 is 0 Å². The minimum absolute atomic E-state index is 0.0424. The zero-order chi connectivity index (χ0) is 14.3.